The van der Waals surface area contributed by atoms with E-state index in [9.17, 15) is 13.2 Å². The molecule has 0 aliphatic carbocycles. The van der Waals surface area contributed by atoms with Crippen molar-refractivity contribution >= 4 is 15.9 Å². The van der Waals surface area contributed by atoms with Crippen LogP contribution in [0, 0.1) is 0 Å². The summed E-state index contributed by atoms with van der Waals surface area (Å²) >= 11 is 3.46. The number of hydrogen-bond acceptors (Lipinski definition) is 1. The van der Waals surface area contributed by atoms with E-state index >= 15 is 0 Å². The highest BCUT2D eigenvalue weighted by Gasteiger charge is 2.49. The molecule has 2 aliphatic rings. The van der Waals surface area contributed by atoms with Crippen molar-refractivity contribution in [1.29, 1.82) is 0 Å². The van der Waals surface area contributed by atoms with Crippen molar-refractivity contribution in [3.8, 4) is 0 Å². The summed E-state index contributed by atoms with van der Waals surface area (Å²) in [6.45, 7) is 0. The molecule has 0 amide bonds. The lowest BCUT2D eigenvalue weighted by atomic mass is 9.90. The number of rotatable bonds is 0. The molecule has 0 spiro atoms. The molecule has 2 unspecified atom stereocenters. The van der Waals surface area contributed by atoms with E-state index in [0.29, 0.717) is 5.56 Å². The van der Waals surface area contributed by atoms with Crippen molar-refractivity contribution in [1.82, 2.24) is 0 Å². The normalized spacial score (nSPS) is 31.9. The van der Waals surface area contributed by atoms with Crippen LogP contribution in [-0.2, 0) is 15.4 Å². The molecule has 0 aromatic heterocycles. The number of ether oxygens (including phenoxy) is 1. The molecule has 16 heavy (non-hydrogen) atoms. The molecule has 1 aromatic carbocycles. The number of benzene rings is 1. The fraction of sp³-hybridized carbons (Fsp3) is 0.455. The van der Waals surface area contributed by atoms with Gasteiger partial charge in [0.2, 0.25) is 0 Å². The second kappa shape index (κ2) is 3.01. The standard InChI is InChI=1S/C11H8BrF3O/c12-10-4-3-9(16-10)7-5-6(11(13,14)15)1-2-8(7)10/h1-2,5,9H,3-4H2. The molecule has 86 valence electrons. The van der Waals surface area contributed by atoms with Gasteiger partial charge >= 0.3 is 6.18 Å². The van der Waals surface area contributed by atoms with Crippen LogP contribution in [0.4, 0.5) is 13.2 Å². The van der Waals surface area contributed by atoms with E-state index < -0.39 is 16.3 Å². The summed E-state index contributed by atoms with van der Waals surface area (Å²) in [7, 11) is 0. The van der Waals surface area contributed by atoms with E-state index in [1.807, 2.05) is 0 Å². The highest BCUT2D eigenvalue weighted by molar-refractivity contribution is 9.09. The van der Waals surface area contributed by atoms with Crippen molar-refractivity contribution in [2.75, 3.05) is 0 Å². The zero-order valence-electron chi connectivity index (χ0n) is 8.14. The van der Waals surface area contributed by atoms with Gasteiger partial charge in [-0.25, -0.2) is 0 Å². The van der Waals surface area contributed by atoms with Crippen molar-refractivity contribution in [3.63, 3.8) is 0 Å². The van der Waals surface area contributed by atoms with Crippen LogP contribution in [-0.4, -0.2) is 0 Å². The Morgan fingerprint density at radius 1 is 1.38 bits per heavy atom. The second-order valence-corrected chi connectivity index (χ2v) is 5.45. The van der Waals surface area contributed by atoms with Crippen LogP contribution < -0.4 is 0 Å². The fourth-order valence-corrected chi connectivity index (χ4v) is 3.24. The van der Waals surface area contributed by atoms with Crippen molar-refractivity contribution in [2.24, 2.45) is 0 Å². The lowest BCUT2D eigenvalue weighted by molar-refractivity contribution is -0.137. The van der Waals surface area contributed by atoms with Gasteiger partial charge in [-0.05, 0) is 46.5 Å². The van der Waals surface area contributed by atoms with E-state index in [2.05, 4.69) is 15.9 Å². The van der Waals surface area contributed by atoms with Crippen molar-refractivity contribution < 1.29 is 17.9 Å². The van der Waals surface area contributed by atoms with Crippen molar-refractivity contribution in [3.05, 3.63) is 34.9 Å². The first-order valence-corrected chi connectivity index (χ1v) is 5.78. The number of hydrogen-bond donors (Lipinski definition) is 0. The molecule has 3 rings (SSSR count). The SMILES string of the molecule is FC(F)(F)c1ccc2c(c1)C1CCC2(Br)O1. The van der Waals surface area contributed by atoms with Crippen LogP contribution in [0.2, 0.25) is 0 Å². The largest absolute Gasteiger partial charge is 0.416 e. The first-order valence-electron chi connectivity index (χ1n) is 4.98. The molecule has 1 fully saturated rings. The Labute approximate surface area is 98.7 Å². The van der Waals surface area contributed by atoms with E-state index in [-0.39, 0.29) is 6.10 Å². The van der Waals surface area contributed by atoms with Gasteiger partial charge in [-0.15, -0.1) is 0 Å². The van der Waals surface area contributed by atoms with Crippen LogP contribution in [0.25, 0.3) is 0 Å². The summed E-state index contributed by atoms with van der Waals surface area (Å²) in [6.07, 6.45) is -2.87. The van der Waals surface area contributed by atoms with Crippen LogP contribution in [0.15, 0.2) is 18.2 Å². The summed E-state index contributed by atoms with van der Waals surface area (Å²) in [6, 6.07) is 3.85. The average molecular weight is 293 g/mol. The quantitative estimate of drug-likeness (QED) is 0.654. The van der Waals surface area contributed by atoms with Crippen LogP contribution in [0.5, 0.6) is 0 Å². The Morgan fingerprint density at radius 3 is 2.81 bits per heavy atom. The molecule has 2 heterocycles. The van der Waals surface area contributed by atoms with Gasteiger partial charge in [0.1, 0.15) is 4.51 Å². The zero-order chi connectivity index (χ0) is 11.6. The molecule has 5 heteroatoms. The van der Waals surface area contributed by atoms with Gasteiger partial charge in [0.05, 0.1) is 11.7 Å². The Hall–Kier alpha value is -0.550. The van der Waals surface area contributed by atoms with Crippen LogP contribution >= 0.6 is 15.9 Å². The Balaban J connectivity index is 2.12. The highest BCUT2D eigenvalue weighted by Crippen LogP contribution is 2.58. The summed E-state index contributed by atoms with van der Waals surface area (Å²) in [5.41, 5.74) is 0.924. The Bertz CT molecular complexity index is 457. The van der Waals surface area contributed by atoms with Gasteiger partial charge in [-0.3, -0.25) is 0 Å². The predicted octanol–water partition coefficient (Wildman–Crippen LogP) is 4.12. The highest BCUT2D eigenvalue weighted by atomic mass is 79.9. The number of fused-ring (bicyclic) bond motifs is 5. The van der Waals surface area contributed by atoms with Crippen molar-refractivity contribution in [2.45, 2.75) is 29.6 Å². The topological polar surface area (TPSA) is 9.23 Å². The zero-order valence-corrected chi connectivity index (χ0v) is 9.73. The van der Waals surface area contributed by atoms with Gasteiger partial charge in [0, 0.05) is 5.56 Å². The summed E-state index contributed by atoms with van der Waals surface area (Å²) < 4.78 is 42.7. The summed E-state index contributed by atoms with van der Waals surface area (Å²) in [4.78, 5) is 0. The third-order valence-corrected chi connectivity index (χ3v) is 4.20. The number of halogens is 4. The Morgan fingerprint density at radius 2 is 2.12 bits per heavy atom. The van der Waals surface area contributed by atoms with Gasteiger partial charge in [0.15, 0.2) is 0 Å². The van der Waals surface area contributed by atoms with Crippen LogP contribution in [0.3, 0.4) is 0 Å². The summed E-state index contributed by atoms with van der Waals surface area (Å²) in [5.74, 6) is 0. The molecule has 2 aliphatic heterocycles. The molecular formula is C11H8BrF3O. The third kappa shape index (κ3) is 1.34. The Kier molecular flexibility index (Phi) is 2.00. The van der Waals surface area contributed by atoms with Crippen LogP contribution in [0.1, 0.15) is 35.6 Å². The third-order valence-electron chi connectivity index (χ3n) is 3.19. The molecule has 0 saturated carbocycles. The molecule has 1 saturated heterocycles. The minimum atomic E-state index is -4.28. The number of alkyl halides is 4. The maximum atomic E-state index is 12.5. The predicted molar refractivity (Wildman–Crippen MR) is 55.1 cm³/mol. The maximum absolute atomic E-state index is 12.5. The van der Waals surface area contributed by atoms with Gasteiger partial charge in [-0.2, -0.15) is 13.2 Å². The molecule has 1 nitrogen and oxygen atoms in total. The van der Waals surface area contributed by atoms with Gasteiger partial charge in [0.25, 0.3) is 0 Å². The first-order chi connectivity index (χ1) is 7.40. The molecule has 0 radical (unpaired) electrons. The second-order valence-electron chi connectivity index (χ2n) is 4.17. The first kappa shape index (κ1) is 10.6. The molecule has 0 N–H and O–H groups in total. The minimum absolute atomic E-state index is 0.184. The smallest absolute Gasteiger partial charge is 0.351 e. The molecule has 1 aromatic rings. The molecule has 2 bridgehead atoms. The summed E-state index contributed by atoms with van der Waals surface area (Å²) in [5, 5.41) is 0. The minimum Gasteiger partial charge on any atom is -0.351 e. The molecular weight excluding hydrogens is 285 g/mol. The van der Waals surface area contributed by atoms with Gasteiger partial charge in [-0.1, -0.05) is 6.07 Å². The van der Waals surface area contributed by atoms with E-state index in [4.69, 9.17) is 4.74 Å². The van der Waals surface area contributed by atoms with E-state index in [0.717, 1.165) is 24.5 Å². The average Bonchev–Trinajstić information content (AvgIpc) is 2.71. The monoisotopic (exact) mass is 292 g/mol. The van der Waals surface area contributed by atoms with Gasteiger partial charge < -0.3 is 4.74 Å². The maximum Gasteiger partial charge on any atom is 0.416 e. The lowest BCUT2D eigenvalue weighted by Crippen LogP contribution is -2.14. The molecule has 2 atom stereocenters. The fourth-order valence-electron chi connectivity index (χ4n) is 2.42. The van der Waals surface area contributed by atoms with E-state index in [1.54, 1.807) is 0 Å². The van der Waals surface area contributed by atoms with E-state index in [1.165, 1.54) is 12.1 Å². The lowest BCUT2D eigenvalue weighted by Gasteiger charge is -2.19.